The van der Waals surface area contributed by atoms with Crippen LogP contribution >= 0.6 is 0 Å². The molecule has 1 unspecified atom stereocenters. The van der Waals surface area contributed by atoms with Crippen molar-refractivity contribution in [2.45, 2.75) is 25.7 Å². The first-order chi connectivity index (χ1) is 16.9. The predicted octanol–water partition coefficient (Wildman–Crippen LogP) is 2.61. The summed E-state index contributed by atoms with van der Waals surface area (Å²) in [6.45, 7) is 1.73. The van der Waals surface area contributed by atoms with Crippen LogP contribution in [-0.4, -0.2) is 43.7 Å². The zero-order valence-electron chi connectivity index (χ0n) is 19.3. The summed E-state index contributed by atoms with van der Waals surface area (Å²) < 4.78 is 9.43. The number of amides is 3. The highest BCUT2D eigenvalue weighted by molar-refractivity contribution is 6.03. The highest BCUT2D eigenvalue weighted by Crippen LogP contribution is 2.34. The Balaban J connectivity index is 1.28. The fourth-order valence-corrected chi connectivity index (χ4v) is 4.35. The fraction of sp³-hybridized carbons (Fsp3) is 0.240. The molecule has 2 aromatic heterocycles. The molecule has 0 radical (unpaired) electrons. The average molecular weight is 473 g/mol. The third kappa shape index (κ3) is 4.37. The molecule has 2 aromatic carbocycles. The topological polar surface area (TPSA) is 120 Å². The number of imide groups is 1. The van der Waals surface area contributed by atoms with E-state index in [0.29, 0.717) is 29.1 Å². The van der Waals surface area contributed by atoms with E-state index in [2.05, 4.69) is 20.7 Å². The Morgan fingerprint density at radius 2 is 2.00 bits per heavy atom. The third-order valence-corrected chi connectivity index (χ3v) is 6.04. The lowest BCUT2D eigenvalue weighted by molar-refractivity contribution is -0.134. The van der Waals surface area contributed by atoms with E-state index in [-0.39, 0.29) is 30.7 Å². The van der Waals surface area contributed by atoms with E-state index < -0.39 is 5.92 Å². The number of ether oxygens (including phenoxy) is 1. The number of nitrogens with zero attached hydrogens (tertiary/aromatic N) is 4. The molecule has 1 fully saturated rings. The molecule has 35 heavy (non-hydrogen) atoms. The number of fused-ring (bicyclic) bond motifs is 1. The van der Waals surface area contributed by atoms with Crippen LogP contribution in [0.3, 0.4) is 0 Å². The molecule has 10 heteroatoms. The second-order valence-electron chi connectivity index (χ2n) is 8.39. The van der Waals surface area contributed by atoms with Gasteiger partial charge in [-0.05, 0) is 43.7 Å². The van der Waals surface area contributed by atoms with Crippen molar-refractivity contribution in [3.8, 4) is 11.4 Å². The summed E-state index contributed by atoms with van der Waals surface area (Å²) in [7, 11) is 1.76. The highest BCUT2D eigenvalue weighted by Gasteiger charge is 2.32. The number of nitrogens with one attached hydrogen (secondary N) is 2. The lowest BCUT2D eigenvalue weighted by atomic mass is 9.93. The van der Waals surface area contributed by atoms with Crippen molar-refractivity contribution in [2.75, 3.05) is 11.9 Å². The quantitative estimate of drug-likeness (QED) is 0.416. The number of carbonyl (C=O) groups excluding carboxylic acids is 3. The van der Waals surface area contributed by atoms with E-state index in [0.717, 1.165) is 16.9 Å². The van der Waals surface area contributed by atoms with Crippen LogP contribution in [0.15, 0.2) is 54.9 Å². The van der Waals surface area contributed by atoms with E-state index in [1.165, 1.54) is 0 Å². The largest absolute Gasteiger partial charge is 0.481 e. The molecule has 0 saturated carbocycles. The van der Waals surface area contributed by atoms with Gasteiger partial charge in [0, 0.05) is 42.6 Å². The zero-order valence-corrected chi connectivity index (χ0v) is 19.3. The Kier molecular flexibility index (Phi) is 5.77. The third-order valence-electron chi connectivity index (χ3n) is 6.04. The molecule has 3 heterocycles. The SMILES string of the molecule is Cc1nccn1-c1ccc(NC(=O)COc2cccc3c(C4CCC(=O)NC4=O)nn(C)c23)cc1. The molecule has 0 bridgehead atoms. The number of anilines is 1. The number of rotatable bonds is 6. The van der Waals surface area contributed by atoms with Crippen molar-refractivity contribution in [1.82, 2.24) is 24.6 Å². The van der Waals surface area contributed by atoms with Gasteiger partial charge in [0.25, 0.3) is 5.91 Å². The first kappa shape index (κ1) is 22.3. The number of benzene rings is 2. The van der Waals surface area contributed by atoms with E-state index in [4.69, 9.17) is 4.74 Å². The summed E-state index contributed by atoms with van der Waals surface area (Å²) in [5.41, 5.74) is 2.87. The molecule has 5 rings (SSSR count). The van der Waals surface area contributed by atoms with Crippen molar-refractivity contribution >= 4 is 34.3 Å². The van der Waals surface area contributed by atoms with E-state index >= 15 is 0 Å². The van der Waals surface area contributed by atoms with Crippen LogP contribution in [0.5, 0.6) is 5.75 Å². The van der Waals surface area contributed by atoms with E-state index in [1.54, 1.807) is 30.1 Å². The maximum atomic E-state index is 12.5. The zero-order chi connectivity index (χ0) is 24.5. The number of hydrogen-bond acceptors (Lipinski definition) is 6. The molecule has 3 amide bonds. The van der Waals surface area contributed by atoms with Crippen LogP contribution in [0.1, 0.15) is 30.3 Å². The minimum Gasteiger partial charge on any atom is -0.481 e. The molecule has 0 aliphatic carbocycles. The van der Waals surface area contributed by atoms with Gasteiger partial charge < -0.3 is 14.6 Å². The summed E-state index contributed by atoms with van der Waals surface area (Å²) in [5.74, 6) is -0.0725. The van der Waals surface area contributed by atoms with Crippen molar-refractivity contribution in [2.24, 2.45) is 7.05 Å². The van der Waals surface area contributed by atoms with Gasteiger partial charge in [-0.25, -0.2) is 4.98 Å². The second kappa shape index (κ2) is 9.05. The maximum Gasteiger partial charge on any atom is 0.262 e. The molecule has 0 spiro atoms. The van der Waals surface area contributed by atoms with Crippen molar-refractivity contribution in [3.63, 3.8) is 0 Å². The molecule has 1 aliphatic heterocycles. The Bertz CT molecular complexity index is 1440. The van der Waals surface area contributed by atoms with Gasteiger partial charge >= 0.3 is 0 Å². The monoisotopic (exact) mass is 472 g/mol. The average Bonchev–Trinajstić information content (AvgIpc) is 3.42. The van der Waals surface area contributed by atoms with Gasteiger partial charge in [0.15, 0.2) is 6.61 Å². The number of aromatic nitrogens is 4. The molecule has 178 valence electrons. The van der Waals surface area contributed by atoms with E-state index in [9.17, 15) is 14.4 Å². The first-order valence-electron chi connectivity index (χ1n) is 11.2. The van der Waals surface area contributed by atoms with Crippen molar-refractivity contribution in [3.05, 3.63) is 66.4 Å². The Labute approximate surface area is 200 Å². The van der Waals surface area contributed by atoms with Gasteiger partial charge in [0.1, 0.15) is 17.1 Å². The maximum absolute atomic E-state index is 12.5. The Morgan fingerprint density at radius 1 is 1.20 bits per heavy atom. The lowest BCUT2D eigenvalue weighted by Crippen LogP contribution is -2.39. The molecule has 1 saturated heterocycles. The lowest BCUT2D eigenvalue weighted by Gasteiger charge is -2.19. The van der Waals surface area contributed by atoms with Gasteiger partial charge in [-0.2, -0.15) is 5.10 Å². The van der Waals surface area contributed by atoms with Crippen LogP contribution in [-0.2, 0) is 21.4 Å². The molecular weight excluding hydrogens is 448 g/mol. The van der Waals surface area contributed by atoms with Crippen LogP contribution in [0.4, 0.5) is 5.69 Å². The fourth-order valence-electron chi connectivity index (χ4n) is 4.35. The smallest absolute Gasteiger partial charge is 0.262 e. The van der Waals surface area contributed by atoms with Crippen LogP contribution < -0.4 is 15.4 Å². The van der Waals surface area contributed by atoms with Crippen LogP contribution in [0.25, 0.3) is 16.6 Å². The summed E-state index contributed by atoms with van der Waals surface area (Å²) in [5, 5.41) is 10.5. The van der Waals surface area contributed by atoms with Crippen LogP contribution in [0, 0.1) is 6.92 Å². The van der Waals surface area contributed by atoms with Crippen LogP contribution in [0.2, 0.25) is 0 Å². The normalized spacial score (nSPS) is 15.8. The minimum atomic E-state index is -0.510. The number of imidazole rings is 1. The minimum absolute atomic E-state index is 0.194. The van der Waals surface area contributed by atoms with Crippen molar-refractivity contribution < 1.29 is 19.1 Å². The molecule has 1 atom stereocenters. The molecule has 2 N–H and O–H groups in total. The molecular formula is C25H24N6O4. The first-order valence-corrected chi connectivity index (χ1v) is 11.2. The summed E-state index contributed by atoms with van der Waals surface area (Å²) in [6.07, 6.45) is 4.29. The Morgan fingerprint density at radius 3 is 2.71 bits per heavy atom. The van der Waals surface area contributed by atoms with E-state index in [1.807, 2.05) is 48.0 Å². The number of piperidine rings is 1. The number of carbonyl (C=O) groups is 3. The summed E-state index contributed by atoms with van der Waals surface area (Å²) in [6, 6.07) is 12.9. The predicted molar refractivity (Wildman–Crippen MR) is 128 cm³/mol. The van der Waals surface area contributed by atoms with Gasteiger partial charge in [-0.3, -0.25) is 24.4 Å². The van der Waals surface area contributed by atoms with Gasteiger partial charge in [0.05, 0.1) is 11.6 Å². The van der Waals surface area contributed by atoms with Crippen molar-refractivity contribution in [1.29, 1.82) is 0 Å². The Hall–Kier alpha value is -4.47. The van der Waals surface area contributed by atoms with Gasteiger partial charge in [-0.1, -0.05) is 12.1 Å². The molecule has 4 aromatic rings. The number of hydrogen-bond donors (Lipinski definition) is 2. The second-order valence-corrected chi connectivity index (χ2v) is 8.39. The summed E-state index contributed by atoms with van der Waals surface area (Å²) >= 11 is 0. The number of aryl methyl sites for hydroxylation is 2. The summed E-state index contributed by atoms with van der Waals surface area (Å²) in [4.78, 5) is 40.6. The highest BCUT2D eigenvalue weighted by atomic mass is 16.5. The van der Waals surface area contributed by atoms with Gasteiger partial charge in [-0.15, -0.1) is 0 Å². The number of para-hydroxylation sites is 1. The van der Waals surface area contributed by atoms with Gasteiger partial charge in [0.2, 0.25) is 11.8 Å². The molecule has 1 aliphatic rings. The molecule has 10 nitrogen and oxygen atoms in total. The standard InChI is InChI=1S/C25H24N6O4/c1-15-26-12-13-31(15)17-8-6-16(7-9-17)27-22(33)14-35-20-5-3-4-18-23(29-30(2)24(18)20)19-10-11-21(32)28-25(19)34/h3-9,12-13,19H,10-11,14H2,1-2H3,(H,27,33)(H,28,32,34).